The molecule has 1 aromatic carbocycles. The minimum Gasteiger partial charge on any atom is -0.388 e. The second kappa shape index (κ2) is 3.44. The molecule has 3 heteroatoms. The van der Waals surface area contributed by atoms with Crippen LogP contribution in [0.15, 0.2) is 18.2 Å². The zero-order valence-corrected chi connectivity index (χ0v) is 8.40. The lowest BCUT2D eigenvalue weighted by molar-refractivity contribution is 1.50. The van der Waals surface area contributed by atoms with Crippen LogP contribution in [0, 0.1) is 3.57 Å². The molecule has 0 radical (unpaired) electrons. The molecule has 0 aliphatic rings. The smallest absolute Gasteiger partial charge is 0.0437 e. The zero-order chi connectivity index (χ0) is 7.56. The first-order valence-electron chi connectivity index (χ1n) is 2.86. The summed E-state index contributed by atoms with van der Waals surface area (Å²) in [4.78, 5) is 0. The Morgan fingerprint density at radius 1 is 1.40 bits per heavy atom. The van der Waals surface area contributed by atoms with E-state index in [4.69, 9.17) is 11.6 Å². The van der Waals surface area contributed by atoms with Crippen LogP contribution in [0.5, 0.6) is 0 Å². The SMILES string of the molecule is CNc1cc(Cl)cc(I)c1. The minimum atomic E-state index is 0.774. The van der Waals surface area contributed by atoms with Crippen molar-refractivity contribution in [3.05, 3.63) is 26.8 Å². The molecule has 0 heterocycles. The summed E-state index contributed by atoms with van der Waals surface area (Å²) in [5, 5.41) is 3.79. The first kappa shape index (κ1) is 8.14. The maximum atomic E-state index is 5.78. The van der Waals surface area contributed by atoms with E-state index in [2.05, 4.69) is 27.9 Å². The number of rotatable bonds is 1. The van der Waals surface area contributed by atoms with Gasteiger partial charge >= 0.3 is 0 Å². The summed E-state index contributed by atoms with van der Waals surface area (Å²) < 4.78 is 1.15. The van der Waals surface area contributed by atoms with E-state index in [1.807, 2.05) is 25.2 Å². The summed E-state index contributed by atoms with van der Waals surface area (Å²) in [5.74, 6) is 0. The van der Waals surface area contributed by atoms with Gasteiger partial charge in [-0.25, -0.2) is 0 Å². The van der Waals surface area contributed by atoms with Gasteiger partial charge in [0.1, 0.15) is 0 Å². The van der Waals surface area contributed by atoms with Gasteiger partial charge in [0.15, 0.2) is 0 Å². The molecule has 0 unspecified atom stereocenters. The maximum Gasteiger partial charge on any atom is 0.0437 e. The molecular weight excluding hydrogens is 260 g/mol. The molecule has 1 nitrogen and oxygen atoms in total. The van der Waals surface area contributed by atoms with Gasteiger partial charge in [-0.15, -0.1) is 0 Å². The Morgan fingerprint density at radius 3 is 2.60 bits per heavy atom. The number of hydrogen-bond acceptors (Lipinski definition) is 1. The number of hydrogen-bond donors (Lipinski definition) is 1. The molecule has 1 aromatic rings. The van der Waals surface area contributed by atoms with E-state index in [0.29, 0.717) is 0 Å². The van der Waals surface area contributed by atoms with Gasteiger partial charge in [0, 0.05) is 21.3 Å². The molecule has 0 aliphatic carbocycles. The van der Waals surface area contributed by atoms with Gasteiger partial charge in [-0.3, -0.25) is 0 Å². The molecule has 0 saturated carbocycles. The maximum absolute atomic E-state index is 5.78. The monoisotopic (exact) mass is 267 g/mol. The number of benzene rings is 1. The average molecular weight is 267 g/mol. The van der Waals surface area contributed by atoms with Crippen molar-refractivity contribution in [2.75, 3.05) is 12.4 Å². The summed E-state index contributed by atoms with van der Waals surface area (Å²) in [6.45, 7) is 0. The quantitative estimate of drug-likeness (QED) is 0.771. The van der Waals surface area contributed by atoms with Crippen molar-refractivity contribution in [2.45, 2.75) is 0 Å². The van der Waals surface area contributed by atoms with E-state index in [9.17, 15) is 0 Å². The van der Waals surface area contributed by atoms with Crippen LogP contribution in [0.25, 0.3) is 0 Å². The Hall–Kier alpha value is 0.0400. The van der Waals surface area contributed by atoms with Crippen LogP contribution in [0.2, 0.25) is 5.02 Å². The van der Waals surface area contributed by atoms with Gasteiger partial charge in [-0.2, -0.15) is 0 Å². The molecule has 0 fully saturated rings. The highest BCUT2D eigenvalue weighted by molar-refractivity contribution is 14.1. The Morgan fingerprint density at radius 2 is 2.10 bits per heavy atom. The Bertz CT molecular complexity index is 217. The molecule has 0 spiro atoms. The Balaban J connectivity index is 3.06. The topological polar surface area (TPSA) is 12.0 Å². The molecule has 0 amide bonds. The average Bonchev–Trinajstić information content (AvgIpc) is 1.85. The number of anilines is 1. The van der Waals surface area contributed by atoms with E-state index < -0.39 is 0 Å². The van der Waals surface area contributed by atoms with Crippen molar-refractivity contribution in [2.24, 2.45) is 0 Å². The second-order valence-electron chi connectivity index (χ2n) is 1.91. The lowest BCUT2D eigenvalue weighted by Crippen LogP contribution is -1.87. The van der Waals surface area contributed by atoms with Crippen LogP contribution in [-0.2, 0) is 0 Å². The van der Waals surface area contributed by atoms with E-state index >= 15 is 0 Å². The van der Waals surface area contributed by atoms with Gasteiger partial charge in [0.25, 0.3) is 0 Å². The van der Waals surface area contributed by atoms with Gasteiger partial charge in [-0.1, -0.05) is 11.6 Å². The second-order valence-corrected chi connectivity index (χ2v) is 3.59. The van der Waals surface area contributed by atoms with Crippen molar-refractivity contribution in [1.82, 2.24) is 0 Å². The Labute approximate surface area is 78.9 Å². The van der Waals surface area contributed by atoms with Crippen molar-refractivity contribution >= 4 is 39.9 Å². The molecule has 1 rings (SSSR count). The van der Waals surface area contributed by atoms with Crippen LogP contribution in [0.3, 0.4) is 0 Å². The van der Waals surface area contributed by atoms with Crippen LogP contribution in [0.4, 0.5) is 5.69 Å². The largest absolute Gasteiger partial charge is 0.388 e. The molecule has 0 bridgehead atoms. The summed E-state index contributed by atoms with van der Waals surface area (Å²) >= 11 is 8.01. The van der Waals surface area contributed by atoms with Gasteiger partial charge in [-0.05, 0) is 40.8 Å². The molecule has 1 N–H and O–H groups in total. The normalized spacial score (nSPS) is 9.50. The first-order valence-corrected chi connectivity index (χ1v) is 4.32. The number of halogens is 2. The summed E-state index contributed by atoms with van der Waals surface area (Å²) in [7, 11) is 1.88. The lowest BCUT2D eigenvalue weighted by Gasteiger charge is -2.00. The van der Waals surface area contributed by atoms with Gasteiger partial charge in [0.2, 0.25) is 0 Å². The van der Waals surface area contributed by atoms with Crippen molar-refractivity contribution in [1.29, 1.82) is 0 Å². The highest BCUT2D eigenvalue weighted by Gasteiger charge is 1.93. The number of nitrogens with one attached hydrogen (secondary N) is 1. The summed E-state index contributed by atoms with van der Waals surface area (Å²) in [6.07, 6.45) is 0. The molecule has 54 valence electrons. The molecule has 0 atom stereocenters. The molecule has 0 aromatic heterocycles. The molecular formula is C7H7ClIN. The van der Waals surface area contributed by atoms with Crippen molar-refractivity contribution in [3.63, 3.8) is 0 Å². The fraction of sp³-hybridized carbons (Fsp3) is 0.143. The first-order chi connectivity index (χ1) is 4.72. The Kier molecular flexibility index (Phi) is 2.80. The summed E-state index contributed by atoms with van der Waals surface area (Å²) in [5.41, 5.74) is 1.05. The molecule has 0 aliphatic heterocycles. The highest BCUT2D eigenvalue weighted by Crippen LogP contribution is 2.19. The zero-order valence-electron chi connectivity index (χ0n) is 5.49. The molecule has 0 saturated heterocycles. The third-order valence-corrected chi connectivity index (χ3v) is 1.99. The van der Waals surface area contributed by atoms with E-state index in [-0.39, 0.29) is 0 Å². The predicted molar refractivity (Wildman–Crippen MR) is 53.7 cm³/mol. The lowest BCUT2D eigenvalue weighted by atomic mass is 10.3. The fourth-order valence-electron chi connectivity index (χ4n) is 0.698. The van der Waals surface area contributed by atoms with E-state index in [1.54, 1.807) is 0 Å². The molecule has 10 heavy (non-hydrogen) atoms. The van der Waals surface area contributed by atoms with E-state index in [0.717, 1.165) is 14.3 Å². The van der Waals surface area contributed by atoms with Crippen LogP contribution in [-0.4, -0.2) is 7.05 Å². The van der Waals surface area contributed by atoms with E-state index in [1.165, 1.54) is 0 Å². The van der Waals surface area contributed by atoms with Gasteiger partial charge in [0.05, 0.1) is 0 Å². The predicted octanol–water partition coefficient (Wildman–Crippen LogP) is 2.99. The van der Waals surface area contributed by atoms with Crippen molar-refractivity contribution in [3.8, 4) is 0 Å². The third-order valence-electron chi connectivity index (χ3n) is 1.15. The van der Waals surface area contributed by atoms with Crippen LogP contribution in [0.1, 0.15) is 0 Å². The van der Waals surface area contributed by atoms with Crippen LogP contribution < -0.4 is 5.32 Å². The van der Waals surface area contributed by atoms with Crippen molar-refractivity contribution < 1.29 is 0 Å². The van der Waals surface area contributed by atoms with Gasteiger partial charge < -0.3 is 5.32 Å². The van der Waals surface area contributed by atoms with Crippen LogP contribution >= 0.6 is 34.2 Å². The minimum absolute atomic E-state index is 0.774. The summed E-state index contributed by atoms with van der Waals surface area (Å²) in [6, 6.07) is 5.85. The standard InChI is InChI=1S/C7H7ClIN/c1-10-7-3-5(8)2-6(9)4-7/h2-4,10H,1H3. The third kappa shape index (κ3) is 2.02. The fourth-order valence-corrected chi connectivity index (χ4v) is 1.79. The highest BCUT2D eigenvalue weighted by atomic mass is 127.